The summed E-state index contributed by atoms with van der Waals surface area (Å²) in [5.41, 5.74) is 2.12. The lowest BCUT2D eigenvalue weighted by molar-refractivity contribution is -0.117. The third-order valence-electron chi connectivity index (χ3n) is 4.18. The Kier molecular flexibility index (Phi) is 4.19. The molecule has 0 fully saturated rings. The minimum absolute atomic E-state index is 0.175. The molecule has 1 aliphatic rings. The Bertz CT molecular complexity index is 1000. The SMILES string of the molecule is O=C1Oc2ccccc2N(C(=O)Cc2ccccc2)c2cc(Cl)ccc21. The second kappa shape index (κ2) is 6.65. The van der Waals surface area contributed by atoms with Gasteiger partial charge in [0.15, 0.2) is 5.75 Å². The molecule has 0 unspecified atom stereocenters. The van der Waals surface area contributed by atoms with Crippen molar-refractivity contribution in [2.45, 2.75) is 6.42 Å². The maximum Gasteiger partial charge on any atom is 0.345 e. The maximum atomic E-state index is 13.2. The molecule has 1 amide bonds. The van der Waals surface area contributed by atoms with E-state index in [1.54, 1.807) is 42.5 Å². The van der Waals surface area contributed by atoms with Crippen LogP contribution in [-0.2, 0) is 11.2 Å². The first kappa shape index (κ1) is 16.4. The van der Waals surface area contributed by atoms with Crippen LogP contribution in [0.25, 0.3) is 0 Å². The molecule has 0 saturated heterocycles. The van der Waals surface area contributed by atoms with E-state index < -0.39 is 5.97 Å². The first-order valence-corrected chi connectivity index (χ1v) is 8.49. The molecule has 0 N–H and O–H groups in total. The van der Waals surface area contributed by atoms with E-state index in [-0.39, 0.29) is 12.3 Å². The van der Waals surface area contributed by atoms with Crippen LogP contribution in [0.1, 0.15) is 15.9 Å². The van der Waals surface area contributed by atoms with E-state index in [9.17, 15) is 9.59 Å². The largest absolute Gasteiger partial charge is 0.421 e. The van der Waals surface area contributed by atoms with Crippen molar-refractivity contribution in [2.75, 3.05) is 4.90 Å². The number of hydrogen-bond acceptors (Lipinski definition) is 3. The van der Waals surface area contributed by atoms with Gasteiger partial charge in [0.2, 0.25) is 5.91 Å². The highest BCUT2D eigenvalue weighted by molar-refractivity contribution is 6.31. The number of hydrogen-bond donors (Lipinski definition) is 0. The van der Waals surface area contributed by atoms with E-state index in [4.69, 9.17) is 16.3 Å². The van der Waals surface area contributed by atoms with E-state index in [1.807, 2.05) is 30.3 Å². The molecule has 0 bridgehead atoms. The number of rotatable bonds is 2. The molecule has 128 valence electrons. The number of carbonyl (C=O) groups excluding carboxylic acids is 2. The van der Waals surface area contributed by atoms with Gasteiger partial charge in [-0.2, -0.15) is 0 Å². The zero-order valence-electron chi connectivity index (χ0n) is 13.7. The van der Waals surface area contributed by atoms with Gasteiger partial charge in [0, 0.05) is 5.02 Å². The van der Waals surface area contributed by atoms with Crippen LogP contribution >= 0.6 is 11.6 Å². The third kappa shape index (κ3) is 2.95. The van der Waals surface area contributed by atoms with Gasteiger partial charge in [-0.25, -0.2) is 4.79 Å². The van der Waals surface area contributed by atoms with Gasteiger partial charge in [0.25, 0.3) is 0 Å². The standard InChI is InChI=1S/C21H14ClNO3/c22-15-10-11-16-18(13-15)23(20(24)12-14-6-2-1-3-7-14)17-8-4-5-9-19(17)26-21(16)25/h1-11,13H,12H2. The van der Waals surface area contributed by atoms with Crippen molar-refractivity contribution in [1.29, 1.82) is 0 Å². The maximum absolute atomic E-state index is 13.2. The number of ether oxygens (including phenoxy) is 1. The Hall–Kier alpha value is -3.11. The Labute approximate surface area is 155 Å². The molecule has 0 spiro atoms. The minimum atomic E-state index is -0.515. The summed E-state index contributed by atoms with van der Waals surface area (Å²) in [5, 5.41) is 0.438. The summed E-state index contributed by atoms with van der Waals surface area (Å²) in [6.45, 7) is 0. The van der Waals surface area contributed by atoms with Gasteiger partial charge in [-0.3, -0.25) is 9.69 Å². The third-order valence-corrected chi connectivity index (χ3v) is 4.41. The van der Waals surface area contributed by atoms with Gasteiger partial charge in [0.05, 0.1) is 23.4 Å². The average Bonchev–Trinajstić information content (AvgIpc) is 2.76. The molecule has 26 heavy (non-hydrogen) atoms. The number of fused-ring (bicyclic) bond motifs is 2. The van der Waals surface area contributed by atoms with E-state index in [0.717, 1.165) is 5.56 Å². The molecule has 4 nitrogen and oxygen atoms in total. The van der Waals surface area contributed by atoms with Crippen LogP contribution in [0.5, 0.6) is 5.75 Å². The highest BCUT2D eigenvalue weighted by Crippen LogP contribution is 2.40. The van der Waals surface area contributed by atoms with E-state index in [1.165, 1.54) is 4.90 Å². The summed E-state index contributed by atoms with van der Waals surface area (Å²) in [4.78, 5) is 27.2. The summed E-state index contributed by atoms with van der Waals surface area (Å²) in [6.07, 6.45) is 0.190. The second-order valence-electron chi connectivity index (χ2n) is 5.91. The molecule has 0 saturated carbocycles. The molecule has 0 aromatic heterocycles. The van der Waals surface area contributed by atoms with Crippen LogP contribution in [0.15, 0.2) is 72.8 Å². The number of para-hydroxylation sites is 2. The van der Waals surface area contributed by atoms with Gasteiger partial charge >= 0.3 is 5.97 Å². The summed E-state index contributed by atoms with van der Waals surface area (Å²) in [5.74, 6) is -0.351. The Balaban J connectivity index is 1.86. The molecule has 4 rings (SSSR count). The molecule has 1 aliphatic heterocycles. The number of amides is 1. The van der Waals surface area contributed by atoms with Crippen LogP contribution in [0.4, 0.5) is 11.4 Å². The molecular weight excluding hydrogens is 350 g/mol. The van der Waals surface area contributed by atoms with Crippen molar-refractivity contribution in [3.8, 4) is 5.75 Å². The number of anilines is 2. The van der Waals surface area contributed by atoms with Crippen LogP contribution in [0.3, 0.4) is 0 Å². The summed E-state index contributed by atoms with van der Waals surface area (Å²) >= 11 is 6.14. The Morgan fingerprint density at radius 3 is 2.46 bits per heavy atom. The fourth-order valence-electron chi connectivity index (χ4n) is 2.99. The monoisotopic (exact) mass is 363 g/mol. The molecule has 1 heterocycles. The Morgan fingerprint density at radius 2 is 1.65 bits per heavy atom. The highest BCUT2D eigenvalue weighted by atomic mass is 35.5. The number of esters is 1. The topological polar surface area (TPSA) is 46.6 Å². The van der Waals surface area contributed by atoms with Crippen LogP contribution in [0, 0.1) is 0 Å². The van der Waals surface area contributed by atoms with Gasteiger partial charge in [-0.15, -0.1) is 0 Å². The van der Waals surface area contributed by atoms with Crippen molar-refractivity contribution in [3.63, 3.8) is 0 Å². The molecule has 0 radical (unpaired) electrons. The Morgan fingerprint density at radius 1 is 0.923 bits per heavy atom. The quantitative estimate of drug-likeness (QED) is 0.486. The minimum Gasteiger partial charge on any atom is -0.421 e. The normalized spacial score (nSPS) is 12.7. The van der Waals surface area contributed by atoms with Crippen molar-refractivity contribution in [1.82, 2.24) is 0 Å². The molecular formula is C21H14ClNO3. The number of nitrogens with zero attached hydrogens (tertiary/aromatic N) is 1. The smallest absolute Gasteiger partial charge is 0.345 e. The van der Waals surface area contributed by atoms with Gasteiger partial charge < -0.3 is 4.74 Å². The van der Waals surface area contributed by atoms with Crippen molar-refractivity contribution >= 4 is 34.9 Å². The first-order valence-electron chi connectivity index (χ1n) is 8.11. The average molecular weight is 364 g/mol. The van der Waals surface area contributed by atoms with Crippen molar-refractivity contribution in [3.05, 3.63) is 88.9 Å². The van der Waals surface area contributed by atoms with Gasteiger partial charge in [-0.1, -0.05) is 54.1 Å². The second-order valence-corrected chi connectivity index (χ2v) is 6.35. The van der Waals surface area contributed by atoms with Crippen molar-refractivity contribution in [2.24, 2.45) is 0 Å². The molecule has 5 heteroatoms. The lowest BCUT2D eigenvalue weighted by atomic mass is 10.1. The van der Waals surface area contributed by atoms with Gasteiger partial charge in [-0.05, 0) is 35.9 Å². The molecule has 3 aromatic carbocycles. The van der Waals surface area contributed by atoms with Crippen molar-refractivity contribution < 1.29 is 14.3 Å². The fraction of sp³-hybridized carbons (Fsp3) is 0.0476. The van der Waals surface area contributed by atoms with Crippen LogP contribution in [0.2, 0.25) is 5.02 Å². The van der Waals surface area contributed by atoms with Gasteiger partial charge in [0.1, 0.15) is 0 Å². The van der Waals surface area contributed by atoms with Crippen LogP contribution < -0.4 is 9.64 Å². The van der Waals surface area contributed by atoms with E-state index in [2.05, 4.69) is 0 Å². The number of benzene rings is 3. The molecule has 0 aliphatic carbocycles. The summed E-state index contributed by atoms with van der Waals surface area (Å²) in [6, 6.07) is 21.2. The predicted octanol–water partition coefficient (Wildman–Crippen LogP) is 4.78. The highest BCUT2D eigenvalue weighted by Gasteiger charge is 2.30. The zero-order valence-corrected chi connectivity index (χ0v) is 14.4. The predicted molar refractivity (Wildman–Crippen MR) is 100 cm³/mol. The lowest BCUT2D eigenvalue weighted by Gasteiger charge is -2.23. The van der Waals surface area contributed by atoms with Crippen LogP contribution in [-0.4, -0.2) is 11.9 Å². The summed E-state index contributed by atoms with van der Waals surface area (Å²) in [7, 11) is 0. The molecule has 3 aromatic rings. The fourth-order valence-corrected chi connectivity index (χ4v) is 3.16. The molecule has 0 atom stereocenters. The van der Waals surface area contributed by atoms with E-state index in [0.29, 0.717) is 27.7 Å². The lowest BCUT2D eigenvalue weighted by Crippen LogP contribution is -2.28. The first-order chi connectivity index (χ1) is 12.6. The zero-order chi connectivity index (χ0) is 18.1. The number of carbonyl (C=O) groups is 2. The van der Waals surface area contributed by atoms with E-state index >= 15 is 0 Å². The number of halogens is 1. The summed E-state index contributed by atoms with van der Waals surface area (Å²) < 4.78 is 5.48.